The Balaban J connectivity index is 1.28. The van der Waals surface area contributed by atoms with Gasteiger partial charge in [0.15, 0.2) is 0 Å². The molecule has 0 aliphatic carbocycles. The third-order valence-corrected chi connectivity index (χ3v) is 8.86. The van der Waals surface area contributed by atoms with Crippen LogP contribution in [0.15, 0.2) is 60.7 Å². The molecule has 1 atom stereocenters. The third kappa shape index (κ3) is 8.93. The topological polar surface area (TPSA) is 69.6 Å². The number of phenolic OH excluding ortho intramolecular Hbond substituents is 1. The van der Waals surface area contributed by atoms with Gasteiger partial charge in [-0.25, -0.2) is 8.78 Å². The van der Waals surface area contributed by atoms with Crippen LogP contribution in [0.4, 0.5) is 8.78 Å². The van der Waals surface area contributed by atoms with Crippen LogP contribution in [0.1, 0.15) is 112 Å². The number of rotatable bonds is 10. The Hall–Kier alpha value is -3.74. The van der Waals surface area contributed by atoms with Crippen molar-refractivity contribution in [2.45, 2.75) is 90.4 Å². The lowest BCUT2D eigenvalue weighted by molar-refractivity contribution is -0.130. The number of phenols is 1. The molecule has 1 saturated heterocycles. The van der Waals surface area contributed by atoms with Crippen molar-refractivity contribution in [3.63, 3.8) is 0 Å². The average Bonchev–Trinajstić information content (AvgIpc) is 3.45. The molecule has 0 saturated carbocycles. The van der Waals surface area contributed by atoms with E-state index in [4.69, 9.17) is 0 Å². The van der Waals surface area contributed by atoms with Gasteiger partial charge < -0.3 is 15.3 Å². The number of halogens is 2. The maximum Gasteiger partial charge on any atom is 0.251 e. The van der Waals surface area contributed by atoms with Gasteiger partial charge in [-0.3, -0.25) is 9.59 Å². The van der Waals surface area contributed by atoms with Gasteiger partial charge >= 0.3 is 0 Å². The summed E-state index contributed by atoms with van der Waals surface area (Å²) in [5.74, 6) is -0.224. The zero-order valence-corrected chi connectivity index (χ0v) is 27.6. The van der Waals surface area contributed by atoms with E-state index in [0.29, 0.717) is 31.6 Å². The van der Waals surface area contributed by atoms with E-state index < -0.39 is 0 Å². The number of nitrogens with zero attached hydrogens (tertiary/aromatic N) is 1. The summed E-state index contributed by atoms with van der Waals surface area (Å²) in [5, 5.41) is 14.1. The van der Waals surface area contributed by atoms with Crippen LogP contribution in [0.5, 0.6) is 5.75 Å². The molecule has 1 heterocycles. The second-order valence-corrected chi connectivity index (χ2v) is 14.5. The highest BCUT2D eigenvalue weighted by Crippen LogP contribution is 2.40. The first-order valence-corrected chi connectivity index (χ1v) is 16.1. The number of amides is 2. The zero-order valence-electron chi connectivity index (χ0n) is 27.6. The van der Waals surface area contributed by atoms with Crippen LogP contribution in [0.3, 0.4) is 0 Å². The minimum absolute atomic E-state index is 0.00591. The summed E-state index contributed by atoms with van der Waals surface area (Å²) < 4.78 is 27.1. The van der Waals surface area contributed by atoms with Crippen LogP contribution in [-0.2, 0) is 15.6 Å². The highest BCUT2D eigenvalue weighted by Gasteiger charge is 2.29. The van der Waals surface area contributed by atoms with Crippen molar-refractivity contribution in [1.82, 2.24) is 10.2 Å². The van der Waals surface area contributed by atoms with Crippen molar-refractivity contribution in [2.24, 2.45) is 5.92 Å². The number of nitrogens with one attached hydrogen (secondary N) is 1. The smallest absolute Gasteiger partial charge is 0.251 e. The molecule has 3 aromatic rings. The quantitative estimate of drug-likeness (QED) is 0.225. The molecule has 0 radical (unpaired) electrons. The number of hydrogen-bond acceptors (Lipinski definition) is 3. The van der Waals surface area contributed by atoms with Crippen LogP contribution >= 0.6 is 0 Å². The third-order valence-electron chi connectivity index (χ3n) is 8.86. The minimum Gasteiger partial charge on any atom is -0.507 e. The lowest BCUT2D eigenvalue weighted by Gasteiger charge is -2.28. The number of hydrogen-bond donors (Lipinski definition) is 2. The maximum absolute atomic E-state index is 13.5. The van der Waals surface area contributed by atoms with E-state index in [1.807, 2.05) is 46.4 Å². The first-order chi connectivity index (χ1) is 21.1. The normalized spacial score (nSPS) is 15.5. The summed E-state index contributed by atoms with van der Waals surface area (Å²) in [6.07, 6.45) is 3.57. The number of unbranched alkanes of at least 4 members (excludes halogenated alkanes) is 1. The fourth-order valence-electron chi connectivity index (χ4n) is 6.17. The predicted octanol–water partition coefficient (Wildman–Crippen LogP) is 8.24. The van der Waals surface area contributed by atoms with Gasteiger partial charge in [0.25, 0.3) is 5.91 Å². The first-order valence-electron chi connectivity index (χ1n) is 16.1. The molecule has 1 fully saturated rings. The molecule has 2 amide bonds. The van der Waals surface area contributed by atoms with Gasteiger partial charge in [-0.15, -0.1) is 0 Å². The summed E-state index contributed by atoms with van der Waals surface area (Å²) in [6, 6.07) is 16.4. The Morgan fingerprint density at radius 1 is 0.867 bits per heavy atom. The van der Waals surface area contributed by atoms with Crippen LogP contribution in [0.2, 0.25) is 0 Å². The summed E-state index contributed by atoms with van der Waals surface area (Å²) in [7, 11) is 0. The number of carbonyl (C=O) groups excluding carboxylic acids is 2. The second kappa shape index (κ2) is 14.1. The molecule has 1 aliphatic heterocycles. The van der Waals surface area contributed by atoms with E-state index in [2.05, 4.69) is 5.32 Å². The molecule has 2 N–H and O–H groups in total. The number of likely N-dealkylation sites (tertiary alicyclic amines) is 1. The fraction of sp³-hybridized carbons (Fsp3) is 0.474. The van der Waals surface area contributed by atoms with Crippen LogP contribution in [0, 0.1) is 17.6 Å². The monoisotopic (exact) mass is 618 g/mol. The van der Waals surface area contributed by atoms with Crippen molar-refractivity contribution < 1.29 is 23.5 Å². The Labute approximate surface area is 267 Å². The highest BCUT2D eigenvalue weighted by atomic mass is 19.1. The molecule has 1 aliphatic rings. The van der Waals surface area contributed by atoms with Crippen molar-refractivity contribution in [3.05, 3.63) is 100 Å². The lowest BCUT2D eigenvalue weighted by atomic mass is 9.78. The summed E-state index contributed by atoms with van der Waals surface area (Å²) in [4.78, 5) is 28.2. The van der Waals surface area contributed by atoms with Gasteiger partial charge in [-0.1, -0.05) is 72.2 Å². The van der Waals surface area contributed by atoms with Crippen LogP contribution < -0.4 is 5.32 Å². The molecule has 1 unspecified atom stereocenters. The standard InChI is InChI=1S/C38H48F2N2O3/c1-37(2,3)32-21-28(22-33(35(32)44)38(4,5)6)36(45)41-23-25-19-20-42(24-25)34(43)10-8-7-9-31(26-11-15-29(39)16-12-26)27-13-17-30(40)18-14-27/h11-18,21-22,25,31,44H,7-10,19-20,23-24H2,1-6H3,(H,41,45). The molecule has 242 valence electrons. The molecule has 7 heteroatoms. The molecule has 5 nitrogen and oxygen atoms in total. The predicted molar refractivity (Wildman–Crippen MR) is 176 cm³/mol. The van der Waals surface area contributed by atoms with Crippen molar-refractivity contribution in [1.29, 1.82) is 0 Å². The van der Waals surface area contributed by atoms with Crippen molar-refractivity contribution in [2.75, 3.05) is 19.6 Å². The van der Waals surface area contributed by atoms with E-state index in [-0.39, 0.29) is 51.9 Å². The minimum atomic E-state index is -0.324. The second-order valence-electron chi connectivity index (χ2n) is 14.5. The molecule has 0 aromatic heterocycles. The van der Waals surface area contributed by atoms with E-state index in [9.17, 15) is 23.5 Å². The molecule has 45 heavy (non-hydrogen) atoms. The fourth-order valence-corrected chi connectivity index (χ4v) is 6.17. The molecule has 0 bridgehead atoms. The van der Waals surface area contributed by atoms with E-state index in [1.165, 1.54) is 24.3 Å². The summed E-state index contributed by atoms with van der Waals surface area (Å²) in [5.41, 5.74) is 3.32. The summed E-state index contributed by atoms with van der Waals surface area (Å²) in [6.45, 7) is 13.9. The molecule has 4 rings (SSSR count). The van der Waals surface area contributed by atoms with Gasteiger partial charge in [-0.2, -0.15) is 0 Å². The number of carbonyl (C=O) groups is 2. The van der Waals surface area contributed by atoms with Crippen LogP contribution in [-0.4, -0.2) is 41.5 Å². The van der Waals surface area contributed by atoms with Crippen molar-refractivity contribution in [3.8, 4) is 5.75 Å². The zero-order chi connectivity index (χ0) is 32.9. The van der Waals surface area contributed by atoms with Gasteiger partial charge in [-0.05, 0) is 83.5 Å². The number of benzene rings is 3. The molecular weight excluding hydrogens is 570 g/mol. The number of aromatic hydroxyl groups is 1. The van der Waals surface area contributed by atoms with Gasteiger partial charge in [0, 0.05) is 48.7 Å². The van der Waals surface area contributed by atoms with E-state index in [0.717, 1.165) is 47.9 Å². The highest BCUT2D eigenvalue weighted by molar-refractivity contribution is 5.95. The largest absolute Gasteiger partial charge is 0.507 e. The SMILES string of the molecule is CC(C)(C)c1cc(C(=O)NCC2CCN(C(=O)CCCCC(c3ccc(F)cc3)c3ccc(F)cc3)C2)cc(C(C)(C)C)c1O. The Morgan fingerprint density at radius 2 is 1.38 bits per heavy atom. The van der Waals surface area contributed by atoms with E-state index >= 15 is 0 Å². The maximum atomic E-state index is 13.5. The first kappa shape index (κ1) is 34.1. The lowest BCUT2D eigenvalue weighted by Crippen LogP contribution is -2.33. The molecule has 3 aromatic carbocycles. The van der Waals surface area contributed by atoms with Gasteiger partial charge in [0.05, 0.1) is 0 Å². The van der Waals surface area contributed by atoms with Crippen molar-refractivity contribution >= 4 is 11.8 Å². The molecular formula is C38H48F2N2O3. The Kier molecular flexibility index (Phi) is 10.7. The van der Waals surface area contributed by atoms with E-state index in [1.54, 1.807) is 36.4 Å². The molecule has 0 spiro atoms. The van der Waals surface area contributed by atoms with Gasteiger partial charge in [0.1, 0.15) is 17.4 Å². The Morgan fingerprint density at radius 3 is 1.87 bits per heavy atom. The Bertz CT molecular complexity index is 1390. The summed E-state index contributed by atoms with van der Waals surface area (Å²) >= 11 is 0. The van der Waals surface area contributed by atoms with Crippen LogP contribution in [0.25, 0.3) is 0 Å². The van der Waals surface area contributed by atoms with Gasteiger partial charge in [0.2, 0.25) is 5.91 Å². The average molecular weight is 619 g/mol.